The molecule has 0 aromatic rings. The van der Waals surface area contributed by atoms with Crippen LogP contribution in [0.3, 0.4) is 0 Å². The van der Waals surface area contributed by atoms with Crippen LogP contribution in [-0.2, 0) is 28.6 Å². The Hall–Kier alpha value is -2.71. The molecule has 0 saturated carbocycles. The molecule has 0 saturated heterocycles. The predicted molar refractivity (Wildman–Crippen MR) is 263 cm³/mol. The van der Waals surface area contributed by atoms with Crippen LogP contribution in [0.25, 0.3) is 0 Å². The fraction of sp³-hybridized carbons (Fsp3) is 0.800. The van der Waals surface area contributed by atoms with E-state index in [1.807, 2.05) is 0 Å². The van der Waals surface area contributed by atoms with Gasteiger partial charge < -0.3 is 28.6 Å². The molecule has 0 spiro atoms. The van der Waals surface area contributed by atoms with E-state index in [2.05, 4.69) is 62.5 Å². The van der Waals surface area contributed by atoms with Crippen LogP contribution in [0.1, 0.15) is 232 Å². The first kappa shape index (κ1) is 60.3. The number of carboxylic acid groups (broad SMARTS) is 1. The summed E-state index contributed by atoms with van der Waals surface area (Å²) in [5.74, 6) is -1.73. The summed E-state index contributed by atoms with van der Waals surface area (Å²) in [6, 6.07) is -0.728. The molecule has 0 aromatic carbocycles. The van der Waals surface area contributed by atoms with Gasteiger partial charge in [-0.25, -0.2) is 0 Å². The van der Waals surface area contributed by atoms with Crippen molar-refractivity contribution in [1.29, 1.82) is 0 Å². The third-order valence-electron chi connectivity index (χ3n) is 11.7. The summed E-state index contributed by atoms with van der Waals surface area (Å²) >= 11 is 0. The first-order chi connectivity index (χ1) is 30.6. The van der Waals surface area contributed by atoms with Crippen LogP contribution in [0.4, 0.5) is 0 Å². The summed E-state index contributed by atoms with van der Waals surface area (Å²) in [5.41, 5.74) is 0. The first-order valence-electron chi connectivity index (χ1n) is 26.2. The van der Waals surface area contributed by atoms with Crippen molar-refractivity contribution in [2.45, 2.75) is 244 Å². The number of allylic oxidation sites excluding steroid dienone is 8. The highest BCUT2D eigenvalue weighted by molar-refractivity contribution is 5.70. The molecule has 366 valence electrons. The average molecular weight is 886 g/mol. The molecule has 0 heterocycles. The number of aliphatic carboxylic acids is 1. The van der Waals surface area contributed by atoms with Gasteiger partial charge in [0.1, 0.15) is 12.6 Å². The van der Waals surface area contributed by atoms with E-state index >= 15 is 0 Å². The topological polar surface area (TPSA) is 102 Å². The second-order valence-corrected chi connectivity index (χ2v) is 18.7. The summed E-state index contributed by atoms with van der Waals surface area (Å²) in [5, 5.41) is 11.7. The van der Waals surface area contributed by atoms with E-state index in [4.69, 9.17) is 14.2 Å². The van der Waals surface area contributed by atoms with Crippen molar-refractivity contribution in [3.05, 3.63) is 48.6 Å². The number of hydrogen-bond donors (Lipinski definition) is 0. The van der Waals surface area contributed by atoms with Gasteiger partial charge in [0.15, 0.2) is 6.10 Å². The molecule has 0 amide bonds. The Morgan fingerprint density at radius 2 is 0.889 bits per heavy atom. The summed E-state index contributed by atoms with van der Waals surface area (Å²) < 4.78 is 17.3. The molecule has 0 radical (unpaired) electrons. The van der Waals surface area contributed by atoms with E-state index in [1.165, 1.54) is 128 Å². The zero-order valence-corrected chi connectivity index (χ0v) is 41.7. The third kappa shape index (κ3) is 44.3. The van der Waals surface area contributed by atoms with Crippen LogP contribution in [0, 0.1) is 0 Å². The monoisotopic (exact) mass is 886 g/mol. The van der Waals surface area contributed by atoms with Crippen molar-refractivity contribution in [2.75, 3.05) is 41.0 Å². The molecule has 8 nitrogen and oxygen atoms in total. The number of rotatable bonds is 47. The van der Waals surface area contributed by atoms with Crippen molar-refractivity contribution in [2.24, 2.45) is 0 Å². The van der Waals surface area contributed by atoms with Crippen molar-refractivity contribution in [3.63, 3.8) is 0 Å². The molecule has 0 aliphatic rings. The Morgan fingerprint density at radius 1 is 0.492 bits per heavy atom. The molecule has 0 aliphatic heterocycles. The molecule has 0 fully saturated rings. The molecule has 0 aliphatic carbocycles. The first-order valence-corrected chi connectivity index (χ1v) is 26.2. The van der Waals surface area contributed by atoms with Gasteiger partial charge in [-0.15, -0.1) is 0 Å². The van der Waals surface area contributed by atoms with Crippen LogP contribution in [0.2, 0.25) is 0 Å². The van der Waals surface area contributed by atoms with E-state index in [-0.39, 0.29) is 42.7 Å². The van der Waals surface area contributed by atoms with Gasteiger partial charge in [0, 0.05) is 19.3 Å². The van der Waals surface area contributed by atoms with Crippen LogP contribution < -0.4 is 5.11 Å². The quantitative estimate of drug-likeness (QED) is 0.0259. The lowest BCUT2D eigenvalue weighted by atomic mass is 10.0. The van der Waals surface area contributed by atoms with Crippen LogP contribution in [0.5, 0.6) is 0 Å². The van der Waals surface area contributed by atoms with Crippen LogP contribution in [0.15, 0.2) is 48.6 Å². The van der Waals surface area contributed by atoms with Gasteiger partial charge in [-0.1, -0.05) is 210 Å². The van der Waals surface area contributed by atoms with Gasteiger partial charge in [0.25, 0.3) is 0 Å². The maximum atomic E-state index is 12.8. The molecule has 0 aromatic heterocycles. The second-order valence-electron chi connectivity index (χ2n) is 18.7. The number of carboxylic acids is 1. The summed E-state index contributed by atoms with van der Waals surface area (Å²) in [6.45, 7) is 4.57. The average Bonchev–Trinajstić information content (AvgIpc) is 3.24. The summed E-state index contributed by atoms with van der Waals surface area (Å²) in [6.07, 6.45) is 55.7. The largest absolute Gasteiger partial charge is 0.544 e. The van der Waals surface area contributed by atoms with E-state index in [0.717, 1.165) is 70.6 Å². The number of quaternary nitrogens is 1. The van der Waals surface area contributed by atoms with Crippen molar-refractivity contribution in [1.82, 2.24) is 0 Å². The number of hydrogen-bond acceptors (Lipinski definition) is 7. The van der Waals surface area contributed by atoms with Gasteiger partial charge in [-0.3, -0.25) is 9.59 Å². The number of ether oxygens (including phenoxy) is 3. The number of esters is 2. The number of nitrogens with zero attached hydrogens (tertiary/aromatic N) is 1. The molecule has 0 N–H and O–H groups in total. The van der Waals surface area contributed by atoms with Crippen molar-refractivity contribution >= 4 is 17.9 Å². The number of unbranched alkanes of at least 4 members (excludes halogenated alkanes) is 25. The fourth-order valence-electron chi connectivity index (χ4n) is 7.71. The zero-order chi connectivity index (χ0) is 46.3. The Morgan fingerprint density at radius 3 is 1.32 bits per heavy atom. The van der Waals surface area contributed by atoms with Gasteiger partial charge in [-0.05, 0) is 51.4 Å². The SMILES string of the molecule is CC/C=C\C/C=C\C/C=C\C/C=C\CCCCCCCCCCC(=O)OC(COCCC(C(=O)[O-])[N+](C)(C)C)COC(=O)CCCCCCCCCCCCCCCCCCCC. The highest BCUT2D eigenvalue weighted by Crippen LogP contribution is 2.16. The highest BCUT2D eigenvalue weighted by Gasteiger charge is 2.25. The van der Waals surface area contributed by atoms with Crippen molar-refractivity contribution in [3.8, 4) is 0 Å². The Labute approximate surface area is 388 Å². The molecule has 8 heteroatoms. The third-order valence-corrected chi connectivity index (χ3v) is 11.7. The minimum Gasteiger partial charge on any atom is -0.544 e. The Bertz CT molecular complexity index is 1170. The maximum Gasteiger partial charge on any atom is 0.306 e. The summed E-state index contributed by atoms with van der Waals surface area (Å²) in [7, 11) is 5.42. The molecule has 2 atom stereocenters. The lowest BCUT2D eigenvalue weighted by molar-refractivity contribution is -0.889. The van der Waals surface area contributed by atoms with E-state index in [0.29, 0.717) is 12.8 Å². The molecule has 63 heavy (non-hydrogen) atoms. The van der Waals surface area contributed by atoms with Crippen molar-refractivity contribution < 1.29 is 38.2 Å². The Balaban J connectivity index is 4.23. The zero-order valence-electron chi connectivity index (χ0n) is 41.7. The molecule has 0 bridgehead atoms. The second kappa shape index (κ2) is 45.8. The smallest absolute Gasteiger partial charge is 0.306 e. The number of carbonyl (C=O) groups excluding carboxylic acids is 3. The van der Waals surface area contributed by atoms with Gasteiger partial charge >= 0.3 is 11.9 Å². The van der Waals surface area contributed by atoms with Gasteiger partial charge in [-0.2, -0.15) is 0 Å². The van der Waals surface area contributed by atoms with E-state index in [1.54, 1.807) is 21.1 Å². The normalized spacial score (nSPS) is 13.2. The van der Waals surface area contributed by atoms with Crippen LogP contribution in [-0.4, -0.2) is 75.5 Å². The summed E-state index contributed by atoms with van der Waals surface area (Å²) in [4.78, 5) is 37.1. The molecule has 2 unspecified atom stereocenters. The maximum absolute atomic E-state index is 12.8. The fourth-order valence-corrected chi connectivity index (χ4v) is 7.71. The molecule has 0 rings (SSSR count). The minimum atomic E-state index is -1.12. The van der Waals surface area contributed by atoms with Gasteiger partial charge in [0.2, 0.25) is 0 Å². The number of carbonyl (C=O) groups is 3. The Kier molecular flexibility index (Phi) is 43.9. The molecular formula is C55H99NO7. The van der Waals surface area contributed by atoms with E-state index in [9.17, 15) is 19.5 Å². The minimum absolute atomic E-state index is 0.0391. The lowest BCUT2D eigenvalue weighted by Gasteiger charge is -2.34. The van der Waals surface area contributed by atoms with E-state index < -0.39 is 18.1 Å². The number of likely N-dealkylation sites (N-methyl/N-ethyl adjacent to an activating group) is 1. The molecular weight excluding hydrogens is 787 g/mol. The predicted octanol–water partition coefficient (Wildman–Crippen LogP) is 13.8. The highest BCUT2D eigenvalue weighted by atomic mass is 16.6. The lowest BCUT2D eigenvalue weighted by Crippen LogP contribution is -2.55. The van der Waals surface area contributed by atoms with Crippen LogP contribution >= 0.6 is 0 Å². The van der Waals surface area contributed by atoms with Gasteiger partial charge in [0.05, 0.1) is 40.3 Å². The standard InChI is InChI=1S/C55H99NO7/c1-6-8-10-12-14-16-18-20-22-24-26-27-28-30-32-34-36-38-40-42-44-46-54(58)63-51(49-61-48-47-52(55(59)60)56(3,4)5)50-62-53(57)45-43-41-39-37-35-33-31-29-25-23-21-19-17-15-13-11-9-7-2/h8,10,14,16,20,22,26-27,51-52H,6-7,9,11-13,15,17-19,21,23-25,28-50H2,1-5H3/b10-8-,16-14-,22-20-,27-26-.